The number of carbonyl (C=O) groups is 4. The third-order valence-electron chi connectivity index (χ3n) is 16.8. The van der Waals surface area contributed by atoms with Crippen LogP contribution < -0.4 is 10.6 Å². The molecule has 3 amide bonds. The molecule has 12 N–H and O–H groups in total. The van der Waals surface area contributed by atoms with Crippen molar-refractivity contribution in [2.45, 2.75) is 189 Å². The average Bonchev–Trinajstić information content (AvgIpc) is 1.88. The third kappa shape index (κ3) is 20.7. The van der Waals surface area contributed by atoms with Crippen LogP contribution in [0.3, 0.4) is 0 Å². The molecule has 2 aromatic rings. The Bertz CT molecular complexity index is 2780. The number of hydrogen-bond donors (Lipinski definition) is 12. The standard InChI is InChI=1S/C67H93N3O19/c1-7-70(66(83)85-39-52-50-28-22-20-26-48(50)49-27-21-23-29-51(49)52)64(82)59-55(76)37-67(84)36-46(73)33-54(75)53(74)31-30-44(71)32-45(72)34-58(78)86-42(4)41(3)61(79)40(2)24-18-16-14-12-10-8-9-11-13-15-17-19-25-47(35-56(59)89-67)88-65-63(81)60(62(80)43(5)87-65)69-57(77)38-68-6/h8-29,40-47,52-56,59-63,65,68,71-76,79-81,84H,7,30-39H2,1-6H3,(H,69,77)/b9-8+,12-10+,13-11+,16-14+,17-15+,24-18+,25-19+/t40-,41-,42-,43-,44+,45+,46-,47-,53+,54+,55-,56-,59+,60-,61+,62+,63-,65+,67+/m0/s1. The lowest BCUT2D eigenvalue weighted by molar-refractivity contribution is -0.308. The second-order valence-corrected chi connectivity index (χ2v) is 23.7. The lowest BCUT2D eigenvalue weighted by atomic mass is 9.81. The fourth-order valence-corrected chi connectivity index (χ4v) is 11.7. The highest BCUT2D eigenvalue weighted by Gasteiger charge is 2.53. The summed E-state index contributed by atoms with van der Waals surface area (Å²) in [4.78, 5) is 55.7. The van der Waals surface area contributed by atoms with E-state index in [1.165, 1.54) is 13.0 Å². The number of hydrogen-bond acceptors (Lipinski definition) is 20. The first-order valence-electron chi connectivity index (χ1n) is 30.8. The number of nitrogens with zero attached hydrogens (tertiary/aromatic N) is 1. The molecule has 0 unspecified atom stereocenters. The number of likely N-dealkylation sites (N-methyl/N-ethyl adjacent to an activating group) is 1. The van der Waals surface area contributed by atoms with E-state index < -0.39 is 165 Å². The number of aliphatic hydroxyl groups is 10. The number of amides is 3. The zero-order chi connectivity index (χ0) is 65.0. The highest BCUT2D eigenvalue weighted by molar-refractivity contribution is 5.94. The van der Waals surface area contributed by atoms with Crippen LogP contribution in [0, 0.1) is 17.8 Å². The Hall–Kier alpha value is -6.06. The van der Waals surface area contributed by atoms with E-state index in [9.17, 15) is 65.4 Å². The molecule has 22 nitrogen and oxygen atoms in total. The lowest BCUT2D eigenvalue weighted by Gasteiger charge is -2.46. The Morgan fingerprint density at radius 2 is 1.25 bits per heavy atom. The van der Waals surface area contributed by atoms with Gasteiger partial charge in [0, 0.05) is 50.0 Å². The van der Waals surface area contributed by atoms with Gasteiger partial charge in [-0.2, -0.15) is 0 Å². The number of cyclic esters (lactones) is 1. The zero-order valence-corrected chi connectivity index (χ0v) is 51.5. The van der Waals surface area contributed by atoms with Gasteiger partial charge in [0.25, 0.3) is 0 Å². The molecule has 0 aromatic heterocycles. The molecule has 2 bridgehead atoms. The largest absolute Gasteiger partial charge is 0.462 e. The van der Waals surface area contributed by atoms with Gasteiger partial charge in [-0.15, -0.1) is 0 Å². The molecule has 0 spiro atoms. The molecule has 2 aromatic carbocycles. The van der Waals surface area contributed by atoms with E-state index in [0.29, 0.717) is 0 Å². The fraction of sp³-hybridized carbons (Fsp3) is 0.552. The first-order valence-corrected chi connectivity index (χ1v) is 30.8. The summed E-state index contributed by atoms with van der Waals surface area (Å²) in [6, 6.07) is 14.1. The second kappa shape index (κ2) is 34.9. The summed E-state index contributed by atoms with van der Waals surface area (Å²) in [5, 5.41) is 119. The van der Waals surface area contributed by atoms with Crippen molar-refractivity contribution in [1.29, 1.82) is 0 Å². The quantitative estimate of drug-likeness (QED) is 0.159. The van der Waals surface area contributed by atoms with E-state index in [1.807, 2.05) is 61.5 Å². The molecule has 3 aliphatic heterocycles. The maximum absolute atomic E-state index is 15.0. The number of esters is 1. The van der Waals surface area contributed by atoms with Gasteiger partial charge in [0.15, 0.2) is 12.1 Å². The number of benzene rings is 2. The maximum Gasteiger partial charge on any atom is 0.416 e. The van der Waals surface area contributed by atoms with Gasteiger partial charge in [-0.25, -0.2) is 9.69 Å². The van der Waals surface area contributed by atoms with Crippen LogP contribution in [0.2, 0.25) is 0 Å². The number of rotatable bonds is 9. The molecule has 4 aliphatic rings. The summed E-state index contributed by atoms with van der Waals surface area (Å²) in [6.45, 7) is 7.74. The van der Waals surface area contributed by atoms with Crippen LogP contribution in [0.1, 0.15) is 103 Å². The number of nitrogens with one attached hydrogen (secondary N) is 2. The van der Waals surface area contributed by atoms with Crippen LogP contribution in [0.15, 0.2) is 134 Å². The Kier molecular flexibility index (Phi) is 28.3. The lowest BCUT2D eigenvalue weighted by Crippen LogP contribution is -2.64. The van der Waals surface area contributed by atoms with Gasteiger partial charge in [0.1, 0.15) is 24.9 Å². The van der Waals surface area contributed by atoms with Crippen molar-refractivity contribution < 1.29 is 93.9 Å². The molecule has 3 heterocycles. The summed E-state index contributed by atoms with van der Waals surface area (Å²) in [6.07, 6.45) is 0.521. The van der Waals surface area contributed by atoms with Crippen molar-refractivity contribution in [2.24, 2.45) is 17.8 Å². The molecule has 0 saturated carbocycles. The van der Waals surface area contributed by atoms with Crippen molar-refractivity contribution in [1.82, 2.24) is 15.5 Å². The molecule has 19 atom stereocenters. The molecule has 22 heteroatoms. The zero-order valence-electron chi connectivity index (χ0n) is 51.5. The number of imide groups is 1. The summed E-state index contributed by atoms with van der Waals surface area (Å²) in [7, 11) is 1.55. The van der Waals surface area contributed by atoms with E-state index >= 15 is 4.79 Å². The number of carbonyl (C=O) groups excluding carboxylic acids is 4. The first-order chi connectivity index (χ1) is 42.4. The first kappa shape index (κ1) is 72.0. The number of allylic oxidation sites excluding steroid dienone is 12. The van der Waals surface area contributed by atoms with Crippen LogP contribution in [0.25, 0.3) is 11.1 Å². The van der Waals surface area contributed by atoms with Gasteiger partial charge in [-0.3, -0.25) is 14.4 Å². The Balaban J connectivity index is 1.30. The summed E-state index contributed by atoms with van der Waals surface area (Å²) in [5.74, 6) is -7.49. The number of aliphatic hydroxyl groups excluding tert-OH is 9. The predicted molar refractivity (Wildman–Crippen MR) is 330 cm³/mol. The summed E-state index contributed by atoms with van der Waals surface area (Å²) < 4.78 is 30.3. The van der Waals surface area contributed by atoms with Crippen molar-refractivity contribution >= 4 is 23.9 Å². The van der Waals surface area contributed by atoms with Crippen molar-refractivity contribution in [3.8, 4) is 11.1 Å². The Labute approximate surface area is 521 Å². The Morgan fingerprint density at radius 1 is 0.663 bits per heavy atom. The van der Waals surface area contributed by atoms with Crippen molar-refractivity contribution in [3.05, 3.63) is 145 Å². The van der Waals surface area contributed by atoms with E-state index in [4.69, 9.17) is 23.7 Å². The topological polar surface area (TPSA) is 344 Å². The van der Waals surface area contributed by atoms with Gasteiger partial charge in [0.2, 0.25) is 11.8 Å². The summed E-state index contributed by atoms with van der Waals surface area (Å²) in [5.41, 5.74) is 3.81. The molecule has 490 valence electrons. The second-order valence-electron chi connectivity index (χ2n) is 23.7. The van der Waals surface area contributed by atoms with Crippen LogP contribution >= 0.6 is 0 Å². The van der Waals surface area contributed by atoms with Gasteiger partial charge in [-0.05, 0) is 69.3 Å². The van der Waals surface area contributed by atoms with Crippen molar-refractivity contribution in [3.63, 3.8) is 0 Å². The molecule has 2 fully saturated rings. The molecule has 1 aliphatic carbocycles. The normalized spacial score (nSPS) is 36.7. The van der Waals surface area contributed by atoms with Crippen molar-refractivity contribution in [2.75, 3.05) is 26.7 Å². The van der Waals surface area contributed by atoms with E-state index in [-0.39, 0.29) is 50.8 Å². The van der Waals surface area contributed by atoms with E-state index in [2.05, 4.69) is 10.6 Å². The van der Waals surface area contributed by atoms with Gasteiger partial charge in [-0.1, -0.05) is 147 Å². The molecular formula is C67H93N3O19. The van der Waals surface area contributed by atoms with Crippen LogP contribution in [0.5, 0.6) is 0 Å². The van der Waals surface area contributed by atoms with E-state index in [1.54, 1.807) is 101 Å². The minimum Gasteiger partial charge on any atom is -0.462 e. The monoisotopic (exact) mass is 1240 g/mol. The smallest absolute Gasteiger partial charge is 0.416 e. The fourth-order valence-electron chi connectivity index (χ4n) is 11.7. The van der Waals surface area contributed by atoms with Gasteiger partial charge >= 0.3 is 12.1 Å². The number of fused-ring (bicyclic) bond motifs is 5. The maximum atomic E-state index is 15.0. The number of ether oxygens (including phenoxy) is 5. The Morgan fingerprint density at radius 3 is 1.84 bits per heavy atom. The van der Waals surface area contributed by atoms with Gasteiger partial charge < -0.3 is 85.4 Å². The highest BCUT2D eigenvalue weighted by Crippen LogP contribution is 2.45. The van der Waals surface area contributed by atoms with Crippen LogP contribution in [-0.2, 0) is 38.1 Å². The summed E-state index contributed by atoms with van der Waals surface area (Å²) >= 11 is 0. The minimum absolute atomic E-state index is 0.144. The van der Waals surface area contributed by atoms with Gasteiger partial charge in [0.05, 0.1) is 86.0 Å². The molecular weight excluding hydrogens is 1150 g/mol. The minimum atomic E-state index is -2.46. The predicted octanol–water partition coefficient (Wildman–Crippen LogP) is 3.80. The molecule has 89 heavy (non-hydrogen) atoms. The average molecular weight is 1240 g/mol. The molecule has 0 radical (unpaired) electrons. The molecule has 6 rings (SSSR count). The van der Waals surface area contributed by atoms with Crippen LogP contribution in [-0.4, -0.2) is 204 Å². The SMILES string of the molecule is CCN(C(=O)OCC1c2ccccc2-c2ccccc21)C(=O)[C@H]1[C@@H]2C[C@@H](O[C@H]3O[C@@H](C)[C@@H](O)[C@H](NC(=O)CNC)[C@@H]3O)/C=C/C=C/C=C/C=C/C=C/C=C/C=C/[C@H](C)[C@@H](O)[C@@H](C)[C@H](C)OC(=O)C[C@H](O)C[C@H](O)CC[C@@H](O)[C@H](O)C[C@H](O)C[C@](O)(C[C@@H]1O)O2. The third-order valence-corrected chi connectivity index (χ3v) is 16.8. The molecule has 2 saturated heterocycles. The van der Waals surface area contributed by atoms with Crippen LogP contribution in [0.4, 0.5) is 4.79 Å². The van der Waals surface area contributed by atoms with E-state index in [0.717, 1.165) is 27.2 Å². The highest BCUT2D eigenvalue weighted by atomic mass is 16.7.